The van der Waals surface area contributed by atoms with E-state index in [9.17, 15) is 4.79 Å². The van der Waals surface area contributed by atoms with Crippen molar-refractivity contribution in [2.75, 3.05) is 20.8 Å². The minimum atomic E-state index is -0.405. The molecule has 4 heteroatoms. The van der Waals surface area contributed by atoms with Gasteiger partial charge in [0.1, 0.15) is 17.1 Å². The standard InChI is InChI=1S/C14H20O4/c1-10(2)7-8-18-13-9-11(16-3)5-6-12(13)14(15)17-4/h5-6,9-10H,7-8H2,1-4H3. The lowest BCUT2D eigenvalue weighted by molar-refractivity contribution is 0.0596. The molecule has 0 N–H and O–H groups in total. The van der Waals surface area contributed by atoms with Crippen molar-refractivity contribution < 1.29 is 19.0 Å². The van der Waals surface area contributed by atoms with E-state index in [1.54, 1.807) is 25.3 Å². The molecule has 0 spiro atoms. The number of hydrogen-bond acceptors (Lipinski definition) is 4. The Morgan fingerprint density at radius 1 is 1.28 bits per heavy atom. The second-order valence-corrected chi connectivity index (χ2v) is 4.38. The topological polar surface area (TPSA) is 44.8 Å². The maximum Gasteiger partial charge on any atom is 0.341 e. The van der Waals surface area contributed by atoms with Crippen LogP contribution in [-0.4, -0.2) is 26.8 Å². The first-order valence-electron chi connectivity index (χ1n) is 5.97. The smallest absolute Gasteiger partial charge is 0.341 e. The minimum Gasteiger partial charge on any atom is -0.497 e. The fraction of sp³-hybridized carbons (Fsp3) is 0.500. The van der Waals surface area contributed by atoms with E-state index in [2.05, 4.69) is 13.8 Å². The van der Waals surface area contributed by atoms with E-state index in [1.807, 2.05) is 0 Å². The van der Waals surface area contributed by atoms with E-state index in [4.69, 9.17) is 14.2 Å². The third-order valence-corrected chi connectivity index (χ3v) is 2.55. The SMILES string of the molecule is COC(=O)c1ccc(OC)cc1OCCC(C)C. The molecule has 0 aliphatic heterocycles. The number of esters is 1. The molecule has 1 aromatic carbocycles. The predicted octanol–water partition coefficient (Wildman–Crippen LogP) is 2.91. The first-order chi connectivity index (χ1) is 8.58. The van der Waals surface area contributed by atoms with Gasteiger partial charge < -0.3 is 14.2 Å². The summed E-state index contributed by atoms with van der Waals surface area (Å²) in [4.78, 5) is 11.6. The number of hydrogen-bond donors (Lipinski definition) is 0. The van der Waals surface area contributed by atoms with Crippen molar-refractivity contribution in [3.8, 4) is 11.5 Å². The highest BCUT2D eigenvalue weighted by Gasteiger charge is 2.14. The van der Waals surface area contributed by atoms with Gasteiger partial charge in [0.25, 0.3) is 0 Å². The lowest BCUT2D eigenvalue weighted by Crippen LogP contribution is -2.08. The maximum absolute atomic E-state index is 11.6. The zero-order chi connectivity index (χ0) is 13.5. The Morgan fingerprint density at radius 2 is 2.00 bits per heavy atom. The highest BCUT2D eigenvalue weighted by atomic mass is 16.5. The Labute approximate surface area is 108 Å². The first kappa shape index (κ1) is 14.4. The number of carbonyl (C=O) groups excluding carboxylic acids is 1. The Morgan fingerprint density at radius 3 is 2.56 bits per heavy atom. The molecule has 1 rings (SSSR count). The summed E-state index contributed by atoms with van der Waals surface area (Å²) in [5.74, 6) is 1.30. The highest BCUT2D eigenvalue weighted by Crippen LogP contribution is 2.25. The number of methoxy groups -OCH3 is 2. The summed E-state index contributed by atoms with van der Waals surface area (Å²) >= 11 is 0. The minimum absolute atomic E-state index is 0.405. The van der Waals surface area contributed by atoms with Crippen molar-refractivity contribution >= 4 is 5.97 Å². The molecular weight excluding hydrogens is 232 g/mol. The van der Waals surface area contributed by atoms with Crippen molar-refractivity contribution in [3.05, 3.63) is 23.8 Å². The molecule has 0 bridgehead atoms. The molecule has 4 nitrogen and oxygen atoms in total. The fourth-order valence-electron chi connectivity index (χ4n) is 1.43. The quantitative estimate of drug-likeness (QED) is 0.730. The highest BCUT2D eigenvalue weighted by molar-refractivity contribution is 5.92. The van der Waals surface area contributed by atoms with Crippen LogP contribution in [0.3, 0.4) is 0 Å². The molecule has 0 unspecified atom stereocenters. The third kappa shape index (κ3) is 3.95. The second-order valence-electron chi connectivity index (χ2n) is 4.38. The normalized spacial score (nSPS) is 10.3. The van der Waals surface area contributed by atoms with Crippen molar-refractivity contribution in [2.45, 2.75) is 20.3 Å². The number of benzene rings is 1. The molecule has 0 aliphatic rings. The molecule has 0 heterocycles. The average molecular weight is 252 g/mol. The largest absolute Gasteiger partial charge is 0.497 e. The van der Waals surface area contributed by atoms with Gasteiger partial charge in [-0.1, -0.05) is 13.8 Å². The van der Waals surface area contributed by atoms with Gasteiger partial charge in [0.05, 0.1) is 20.8 Å². The molecule has 1 aromatic rings. The lowest BCUT2D eigenvalue weighted by Gasteiger charge is -2.12. The van der Waals surface area contributed by atoms with E-state index in [0.717, 1.165) is 6.42 Å². The van der Waals surface area contributed by atoms with Gasteiger partial charge >= 0.3 is 5.97 Å². The zero-order valence-electron chi connectivity index (χ0n) is 11.4. The number of carbonyl (C=O) groups is 1. The number of ether oxygens (including phenoxy) is 3. The summed E-state index contributed by atoms with van der Waals surface area (Å²) in [6, 6.07) is 5.06. The Balaban J connectivity index is 2.86. The van der Waals surface area contributed by atoms with Gasteiger partial charge in [-0.3, -0.25) is 0 Å². The van der Waals surface area contributed by atoms with E-state index < -0.39 is 5.97 Å². The Bertz CT molecular complexity index is 399. The number of rotatable bonds is 6. The van der Waals surface area contributed by atoms with E-state index in [-0.39, 0.29) is 0 Å². The molecule has 0 fully saturated rings. The predicted molar refractivity (Wildman–Crippen MR) is 69.3 cm³/mol. The van der Waals surface area contributed by atoms with E-state index in [1.165, 1.54) is 7.11 Å². The molecule has 0 aliphatic carbocycles. The summed E-state index contributed by atoms with van der Waals surface area (Å²) in [5.41, 5.74) is 0.419. The van der Waals surface area contributed by atoms with Crippen LogP contribution >= 0.6 is 0 Å². The zero-order valence-corrected chi connectivity index (χ0v) is 11.4. The fourth-order valence-corrected chi connectivity index (χ4v) is 1.43. The van der Waals surface area contributed by atoms with Crippen LogP contribution in [0, 0.1) is 5.92 Å². The summed E-state index contributed by atoms with van der Waals surface area (Å²) in [6.45, 7) is 4.81. The first-order valence-corrected chi connectivity index (χ1v) is 5.97. The van der Waals surface area contributed by atoms with Crippen LogP contribution in [0.25, 0.3) is 0 Å². The van der Waals surface area contributed by atoms with Crippen LogP contribution in [0.15, 0.2) is 18.2 Å². The van der Waals surface area contributed by atoms with Crippen LogP contribution in [0.2, 0.25) is 0 Å². The van der Waals surface area contributed by atoms with Crippen LogP contribution in [0.4, 0.5) is 0 Å². The van der Waals surface area contributed by atoms with Crippen molar-refractivity contribution in [3.63, 3.8) is 0 Å². The van der Waals surface area contributed by atoms with Gasteiger partial charge in [-0.15, -0.1) is 0 Å². The molecule has 0 atom stereocenters. The van der Waals surface area contributed by atoms with Gasteiger partial charge in [0.15, 0.2) is 0 Å². The van der Waals surface area contributed by atoms with Gasteiger partial charge in [0, 0.05) is 6.07 Å². The summed E-state index contributed by atoms with van der Waals surface area (Å²) in [7, 11) is 2.93. The summed E-state index contributed by atoms with van der Waals surface area (Å²) in [6.07, 6.45) is 0.928. The summed E-state index contributed by atoms with van der Waals surface area (Å²) < 4.78 is 15.5. The van der Waals surface area contributed by atoms with E-state index in [0.29, 0.717) is 29.6 Å². The summed E-state index contributed by atoms with van der Waals surface area (Å²) in [5, 5.41) is 0. The van der Waals surface area contributed by atoms with Crippen molar-refractivity contribution in [2.24, 2.45) is 5.92 Å². The second kappa shape index (κ2) is 6.89. The van der Waals surface area contributed by atoms with Crippen LogP contribution in [0.5, 0.6) is 11.5 Å². The molecule has 0 aromatic heterocycles. The van der Waals surface area contributed by atoms with Gasteiger partial charge in [-0.05, 0) is 24.5 Å². The molecule has 100 valence electrons. The molecule has 0 radical (unpaired) electrons. The lowest BCUT2D eigenvalue weighted by atomic mass is 10.1. The molecule has 0 amide bonds. The van der Waals surface area contributed by atoms with Gasteiger partial charge in [-0.25, -0.2) is 4.79 Å². The Kier molecular flexibility index (Phi) is 5.49. The third-order valence-electron chi connectivity index (χ3n) is 2.55. The Hall–Kier alpha value is -1.71. The van der Waals surface area contributed by atoms with E-state index >= 15 is 0 Å². The molecule has 0 saturated carbocycles. The van der Waals surface area contributed by atoms with Crippen molar-refractivity contribution in [1.82, 2.24) is 0 Å². The average Bonchev–Trinajstić information content (AvgIpc) is 2.37. The van der Waals surface area contributed by atoms with Gasteiger partial charge in [0.2, 0.25) is 0 Å². The van der Waals surface area contributed by atoms with Gasteiger partial charge in [-0.2, -0.15) is 0 Å². The monoisotopic (exact) mass is 252 g/mol. The maximum atomic E-state index is 11.6. The van der Waals surface area contributed by atoms with Crippen LogP contribution < -0.4 is 9.47 Å². The van der Waals surface area contributed by atoms with Crippen LogP contribution in [-0.2, 0) is 4.74 Å². The molecule has 0 saturated heterocycles. The van der Waals surface area contributed by atoms with Crippen LogP contribution in [0.1, 0.15) is 30.6 Å². The van der Waals surface area contributed by atoms with Crippen molar-refractivity contribution in [1.29, 1.82) is 0 Å². The molecular formula is C14H20O4. The molecule has 18 heavy (non-hydrogen) atoms.